The Kier molecular flexibility index (Phi) is 7.98. The van der Waals surface area contributed by atoms with Crippen LogP contribution in [0.15, 0.2) is 224 Å². The van der Waals surface area contributed by atoms with Gasteiger partial charge in [0.2, 0.25) is 0 Å². The minimum absolute atomic E-state index is 0.445. The molecule has 0 saturated heterocycles. The smallest absolute Gasteiger partial charge is 0.0713 e. The van der Waals surface area contributed by atoms with Crippen molar-refractivity contribution in [3.05, 3.63) is 247 Å². The Hall–Kier alpha value is -7.00. The van der Waals surface area contributed by atoms with Crippen LogP contribution in [-0.4, -0.2) is 0 Å². The Morgan fingerprint density at radius 3 is 1.53 bits per heavy atom. The zero-order valence-electron chi connectivity index (χ0n) is 31.2. The van der Waals surface area contributed by atoms with Crippen LogP contribution in [0, 0.1) is 0 Å². The summed E-state index contributed by atoms with van der Waals surface area (Å²) < 4.78 is 2.58. The van der Waals surface area contributed by atoms with Gasteiger partial charge >= 0.3 is 0 Å². The number of thiophene rings is 1. The number of nitrogens with zero attached hydrogens (tertiary/aromatic N) is 1. The lowest BCUT2D eigenvalue weighted by molar-refractivity contribution is 0.768. The third-order valence-electron chi connectivity index (χ3n) is 11.8. The molecule has 0 atom stereocenters. The summed E-state index contributed by atoms with van der Waals surface area (Å²) in [5.41, 5.74) is 15.6. The molecule has 2 heteroatoms. The summed E-state index contributed by atoms with van der Waals surface area (Å²) in [5.74, 6) is 0. The molecule has 10 aromatic rings. The Balaban J connectivity index is 1.07. The standard InChI is InChI=1S/C55H37NS/c1-3-15-38(16-4-1)40-17-13-18-41(37-40)39-29-33-44(34-30-39)56(52-27-14-24-49-48-23-9-12-28-53(48)57-54(49)52)45-35-31-43(32-36-45)55(42-19-5-2-6-20-42)50-25-10-7-21-46(50)47-22-8-11-26-51(47)55/h1-37H. The predicted molar refractivity (Wildman–Crippen MR) is 242 cm³/mol. The van der Waals surface area contributed by atoms with Crippen molar-refractivity contribution in [3.8, 4) is 33.4 Å². The summed E-state index contributed by atoms with van der Waals surface area (Å²) in [5, 5.41) is 2.58. The predicted octanol–water partition coefficient (Wildman–Crippen LogP) is 15.2. The normalized spacial score (nSPS) is 12.7. The maximum absolute atomic E-state index is 2.44. The maximum atomic E-state index is 2.44. The zero-order valence-corrected chi connectivity index (χ0v) is 32.0. The van der Waals surface area contributed by atoms with Gasteiger partial charge in [-0.3, -0.25) is 0 Å². The number of hydrogen-bond acceptors (Lipinski definition) is 2. The van der Waals surface area contributed by atoms with E-state index in [1.807, 2.05) is 11.3 Å². The van der Waals surface area contributed by atoms with E-state index in [1.165, 1.54) is 81.5 Å². The van der Waals surface area contributed by atoms with E-state index in [9.17, 15) is 0 Å². The Bertz CT molecular complexity index is 3010. The van der Waals surface area contributed by atoms with Gasteiger partial charge in [0.15, 0.2) is 0 Å². The molecule has 1 aliphatic rings. The highest BCUT2D eigenvalue weighted by Crippen LogP contribution is 2.56. The van der Waals surface area contributed by atoms with Crippen molar-refractivity contribution in [3.63, 3.8) is 0 Å². The molecule has 0 bridgehead atoms. The molecule has 0 amide bonds. The molecule has 268 valence electrons. The van der Waals surface area contributed by atoms with E-state index in [4.69, 9.17) is 0 Å². The molecule has 0 radical (unpaired) electrons. The second kappa shape index (κ2) is 13.6. The third kappa shape index (κ3) is 5.37. The van der Waals surface area contributed by atoms with Crippen molar-refractivity contribution < 1.29 is 0 Å². The monoisotopic (exact) mass is 743 g/mol. The maximum Gasteiger partial charge on any atom is 0.0713 e. The molecule has 1 aromatic heterocycles. The van der Waals surface area contributed by atoms with Crippen LogP contribution in [-0.2, 0) is 5.41 Å². The first-order valence-corrected chi connectivity index (χ1v) is 20.4. The van der Waals surface area contributed by atoms with Crippen LogP contribution in [0.5, 0.6) is 0 Å². The lowest BCUT2D eigenvalue weighted by Gasteiger charge is -2.34. The topological polar surface area (TPSA) is 3.24 Å². The van der Waals surface area contributed by atoms with Crippen molar-refractivity contribution in [1.82, 2.24) is 0 Å². The highest BCUT2D eigenvalue weighted by molar-refractivity contribution is 7.26. The van der Waals surface area contributed by atoms with E-state index in [2.05, 4.69) is 229 Å². The van der Waals surface area contributed by atoms with Crippen LogP contribution in [0.2, 0.25) is 0 Å². The van der Waals surface area contributed by atoms with Crippen LogP contribution < -0.4 is 4.90 Å². The molecule has 0 spiro atoms. The molecule has 0 N–H and O–H groups in total. The molecule has 0 unspecified atom stereocenters. The summed E-state index contributed by atoms with van der Waals surface area (Å²) in [6.07, 6.45) is 0. The van der Waals surface area contributed by atoms with Gasteiger partial charge in [-0.1, -0.05) is 182 Å². The fourth-order valence-corrected chi connectivity index (χ4v) is 10.4. The number of fused-ring (bicyclic) bond motifs is 6. The minimum atomic E-state index is -0.445. The molecule has 9 aromatic carbocycles. The first-order valence-electron chi connectivity index (χ1n) is 19.6. The third-order valence-corrected chi connectivity index (χ3v) is 13.0. The average Bonchev–Trinajstić information content (AvgIpc) is 3.82. The van der Waals surface area contributed by atoms with Crippen LogP contribution in [0.3, 0.4) is 0 Å². The molecule has 11 rings (SSSR count). The van der Waals surface area contributed by atoms with Crippen LogP contribution in [0.1, 0.15) is 22.3 Å². The van der Waals surface area contributed by atoms with Gasteiger partial charge in [-0.2, -0.15) is 0 Å². The highest BCUT2D eigenvalue weighted by atomic mass is 32.1. The number of rotatable bonds is 7. The van der Waals surface area contributed by atoms with Crippen LogP contribution in [0.4, 0.5) is 17.1 Å². The van der Waals surface area contributed by atoms with E-state index in [1.54, 1.807) is 0 Å². The summed E-state index contributed by atoms with van der Waals surface area (Å²) in [6.45, 7) is 0. The summed E-state index contributed by atoms with van der Waals surface area (Å²) in [6, 6.07) is 82.4. The van der Waals surface area contributed by atoms with E-state index in [-0.39, 0.29) is 0 Å². The van der Waals surface area contributed by atoms with Crippen LogP contribution in [0.25, 0.3) is 53.6 Å². The Morgan fingerprint density at radius 1 is 0.351 bits per heavy atom. The molecular weight excluding hydrogens is 707 g/mol. The van der Waals surface area contributed by atoms with E-state index < -0.39 is 5.41 Å². The van der Waals surface area contributed by atoms with Crippen LogP contribution >= 0.6 is 11.3 Å². The Labute approximate surface area is 337 Å². The quantitative estimate of drug-likeness (QED) is 0.157. The second-order valence-electron chi connectivity index (χ2n) is 14.8. The molecule has 0 saturated carbocycles. The molecular formula is C55H37NS. The lowest BCUT2D eigenvalue weighted by atomic mass is 9.68. The SMILES string of the molecule is c1ccc(-c2cccc(-c3ccc(N(c4ccc(C5(c6ccccc6)c6ccccc6-c6ccccc65)cc4)c4cccc5c4sc4ccccc45)cc3)c2)cc1. The van der Waals surface area contributed by atoms with Crippen molar-refractivity contribution in [2.75, 3.05) is 4.90 Å². The fraction of sp³-hybridized carbons (Fsp3) is 0.0182. The number of benzene rings is 9. The summed E-state index contributed by atoms with van der Waals surface area (Å²) in [4.78, 5) is 2.44. The highest BCUT2D eigenvalue weighted by Gasteiger charge is 2.45. The largest absolute Gasteiger partial charge is 0.309 e. The van der Waals surface area contributed by atoms with Gasteiger partial charge in [0.05, 0.1) is 15.8 Å². The molecule has 0 aliphatic heterocycles. The first-order chi connectivity index (χ1) is 28.3. The van der Waals surface area contributed by atoms with Gasteiger partial charge < -0.3 is 4.90 Å². The van der Waals surface area contributed by atoms with Crippen molar-refractivity contribution in [2.45, 2.75) is 5.41 Å². The summed E-state index contributed by atoms with van der Waals surface area (Å²) in [7, 11) is 0. The zero-order chi connectivity index (χ0) is 37.8. The van der Waals surface area contributed by atoms with Gasteiger partial charge in [-0.25, -0.2) is 0 Å². The molecule has 1 nitrogen and oxygen atoms in total. The van der Waals surface area contributed by atoms with E-state index >= 15 is 0 Å². The fourth-order valence-electron chi connectivity index (χ4n) is 9.22. The molecule has 0 fully saturated rings. The lowest BCUT2D eigenvalue weighted by Crippen LogP contribution is -2.28. The Morgan fingerprint density at radius 2 is 0.842 bits per heavy atom. The number of anilines is 3. The molecule has 57 heavy (non-hydrogen) atoms. The molecule has 1 aliphatic carbocycles. The van der Waals surface area contributed by atoms with Gasteiger partial charge in [0.25, 0.3) is 0 Å². The van der Waals surface area contributed by atoms with E-state index in [0.29, 0.717) is 0 Å². The van der Waals surface area contributed by atoms with E-state index in [0.717, 1.165) is 11.4 Å². The van der Waals surface area contributed by atoms with Crippen molar-refractivity contribution in [1.29, 1.82) is 0 Å². The van der Waals surface area contributed by atoms with Crippen molar-refractivity contribution in [2.24, 2.45) is 0 Å². The molecule has 1 heterocycles. The van der Waals surface area contributed by atoms with Gasteiger partial charge in [-0.15, -0.1) is 11.3 Å². The number of hydrogen-bond donors (Lipinski definition) is 0. The van der Waals surface area contributed by atoms with Gasteiger partial charge in [-0.05, 0) is 98.1 Å². The second-order valence-corrected chi connectivity index (χ2v) is 15.9. The van der Waals surface area contributed by atoms with Crippen molar-refractivity contribution >= 4 is 48.6 Å². The average molecular weight is 744 g/mol. The minimum Gasteiger partial charge on any atom is -0.309 e. The summed E-state index contributed by atoms with van der Waals surface area (Å²) >= 11 is 1.87. The van der Waals surface area contributed by atoms with Gasteiger partial charge in [0.1, 0.15) is 0 Å². The van der Waals surface area contributed by atoms with Gasteiger partial charge in [0, 0.05) is 26.8 Å². The first kappa shape index (κ1) is 33.3.